The zero-order valence-electron chi connectivity index (χ0n) is 16.0. The minimum atomic E-state index is -0.734. The predicted molar refractivity (Wildman–Crippen MR) is 107 cm³/mol. The second kappa shape index (κ2) is 9.02. The lowest BCUT2D eigenvalue weighted by Gasteiger charge is -2.29. The van der Waals surface area contributed by atoms with Gasteiger partial charge in [0, 0.05) is 30.9 Å². The van der Waals surface area contributed by atoms with E-state index in [9.17, 15) is 9.90 Å². The fraction of sp³-hybridized carbons (Fsp3) is 0.409. The van der Waals surface area contributed by atoms with Gasteiger partial charge in [0.1, 0.15) is 0 Å². The highest BCUT2D eigenvalue weighted by Crippen LogP contribution is 2.20. The SMILES string of the molecule is CC(C)c1ccc(C(=O)NCC(O)c2ccc(N3CCOCC3)cc2)cc1. The zero-order valence-corrected chi connectivity index (χ0v) is 16.0. The van der Waals surface area contributed by atoms with Crippen molar-refractivity contribution in [2.24, 2.45) is 0 Å². The summed E-state index contributed by atoms with van der Waals surface area (Å²) < 4.78 is 5.37. The first-order chi connectivity index (χ1) is 13.0. The number of aliphatic hydroxyl groups excluding tert-OH is 1. The molecule has 1 atom stereocenters. The quantitative estimate of drug-likeness (QED) is 0.822. The van der Waals surface area contributed by atoms with Gasteiger partial charge in [0.15, 0.2) is 0 Å². The summed E-state index contributed by atoms with van der Waals surface area (Å²) in [7, 11) is 0. The van der Waals surface area contributed by atoms with Crippen molar-refractivity contribution in [1.29, 1.82) is 0 Å². The van der Waals surface area contributed by atoms with Crippen LogP contribution in [0.1, 0.15) is 47.4 Å². The van der Waals surface area contributed by atoms with Gasteiger partial charge >= 0.3 is 0 Å². The van der Waals surface area contributed by atoms with Crippen LogP contribution in [0.2, 0.25) is 0 Å². The summed E-state index contributed by atoms with van der Waals surface area (Å²) in [6.07, 6.45) is -0.734. The molecule has 5 nitrogen and oxygen atoms in total. The number of nitrogens with one attached hydrogen (secondary N) is 1. The molecule has 1 fully saturated rings. The average molecular weight is 368 g/mol. The molecule has 1 amide bonds. The van der Waals surface area contributed by atoms with Crippen molar-refractivity contribution in [3.8, 4) is 0 Å². The van der Waals surface area contributed by atoms with Gasteiger partial charge in [-0.05, 0) is 41.3 Å². The van der Waals surface area contributed by atoms with Crippen LogP contribution in [-0.4, -0.2) is 43.9 Å². The smallest absolute Gasteiger partial charge is 0.251 e. The molecule has 1 aliphatic heterocycles. The zero-order chi connectivity index (χ0) is 19.2. The van der Waals surface area contributed by atoms with Crippen molar-refractivity contribution >= 4 is 11.6 Å². The number of rotatable bonds is 6. The summed E-state index contributed by atoms with van der Waals surface area (Å²) in [5.41, 5.74) is 3.73. The minimum absolute atomic E-state index is 0.172. The Hall–Kier alpha value is -2.37. The van der Waals surface area contributed by atoms with E-state index >= 15 is 0 Å². The highest BCUT2D eigenvalue weighted by molar-refractivity contribution is 5.94. The van der Waals surface area contributed by atoms with Crippen molar-refractivity contribution in [3.05, 3.63) is 65.2 Å². The number of hydrogen-bond donors (Lipinski definition) is 2. The Morgan fingerprint density at radius 1 is 1.04 bits per heavy atom. The second-order valence-electron chi connectivity index (χ2n) is 7.19. The van der Waals surface area contributed by atoms with Crippen LogP contribution >= 0.6 is 0 Å². The number of benzene rings is 2. The molecule has 27 heavy (non-hydrogen) atoms. The molecule has 2 aromatic carbocycles. The van der Waals surface area contributed by atoms with E-state index in [1.54, 1.807) is 0 Å². The summed E-state index contributed by atoms with van der Waals surface area (Å²) >= 11 is 0. The summed E-state index contributed by atoms with van der Waals surface area (Å²) in [5.74, 6) is 0.263. The summed E-state index contributed by atoms with van der Waals surface area (Å²) in [6.45, 7) is 7.68. The molecule has 144 valence electrons. The molecule has 0 aliphatic carbocycles. The van der Waals surface area contributed by atoms with Crippen molar-refractivity contribution in [3.63, 3.8) is 0 Å². The third-order valence-corrected chi connectivity index (χ3v) is 4.95. The molecular weight excluding hydrogens is 340 g/mol. The molecule has 1 heterocycles. The maximum Gasteiger partial charge on any atom is 0.251 e. The van der Waals surface area contributed by atoms with Gasteiger partial charge in [-0.1, -0.05) is 38.1 Å². The molecule has 5 heteroatoms. The van der Waals surface area contributed by atoms with Crippen molar-refractivity contribution in [2.75, 3.05) is 37.7 Å². The number of aliphatic hydroxyl groups is 1. The van der Waals surface area contributed by atoms with Crippen LogP contribution in [0.3, 0.4) is 0 Å². The number of morpholine rings is 1. The fourth-order valence-corrected chi connectivity index (χ4v) is 3.16. The first-order valence-corrected chi connectivity index (χ1v) is 9.53. The number of carbonyl (C=O) groups is 1. The largest absolute Gasteiger partial charge is 0.387 e. The van der Waals surface area contributed by atoms with E-state index in [1.165, 1.54) is 5.56 Å². The highest BCUT2D eigenvalue weighted by atomic mass is 16.5. The van der Waals surface area contributed by atoms with E-state index in [0.717, 1.165) is 37.6 Å². The van der Waals surface area contributed by atoms with E-state index in [4.69, 9.17) is 4.74 Å². The Morgan fingerprint density at radius 3 is 2.22 bits per heavy atom. The third kappa shape index (κ3) is 5.08. The van der Waals surface area contributed by atoms with Crippen LogP contribution in [0, 0.1) is 0 Å². The van der Waals surface area contributed by atoms with Crippen LogP contribution < -0.4 is 10.2 Å². The molecule has 0 radical (unpaired) electrons. The summed E-state index contributed by atoms with van der Waals surface area (Å²) in [5, 5.41) is 13.2. The number of hydrogen-bond acceptors (Lipinski definition) is 4. The van der Waals surface area contributed by atoms with Crippen LogP contribution in [0.4, 0.5) is 5.69 Å². The minimum Gasteiger partial charge on any atom is -0.387 e. The molecule has 2 aromatic rings. The lowest BCUT2D eigenvalue weighted by Crippen LogP contribution is -2.36. The normalized spacial score (nSPS) is 15.6. The number of ether oxygens (including phenoxy) is 1. The molecule has 0 spiro atoms. The Morgan fingerprint density at radius 2 is 1.63 bits per heavy atom. The number of nitrogens with zero attached hydrogens (tertiary/aromatic N) is 1. The molecule has 1 unspecified atom stereocenters. The fourth-order valence-electron chi connectivity index (χ4n) is 3.16. The van der Waals surface area contributed by atoms with E-state index in [0.29, 0.717) is 11.5 Å². The van der Waals surface area contributed by atoms with Gasteiger partial charge in [-0.15, -0.1) is 0 Å². The van der Waals surface area contributed by atoms with Crippen molar-refractivity contribution in [1.82, 2.24) is 5.32 Å². The topological polar surface area (TPSA) is 61.8 Å². The number of carbonyl (C=O) groups excluding carboxylic acids is 1. The Bertz CT molecular complexity index is 735. The highest BCUT2D eigenvalue weighted by Gasteiger charge is 2.14. The average Bonchev–Trinajstić information content (AvgIpc) is 2.72. The van der Waals surface area contributed by atoms with Gasteiger partial charge in [0.25, 0.3) is 5.91 Å². The van der Waals surface area contributed by atoms with Gasteiger partial charge in [-0.2, -0.15) is 0 Å². The van der Waals surface area contributed by atoms with Gasteiger partial charge in [-0.25, -0.2) is 0 Å². The second-order valence-corrected chi connectivity index (χ2v) is 7.19. The van der Waals surface area contributed by atoms with Gasteiger partial charge in [-0.3, -0.25) is 4.79 Å². The molecule has 2 N–H and O–H groups in total. The lowest BCUT2D eigenvalue weighted by molar-refractivity contribution is 0.0916. The van der Waals surface area contributed by atoms with Crippen LogP contribution in [-0.2, 0) is 4.74 Å². The first-order valence-electron chi connectivity index (χ1n) is 9.53. The Labute approximate surface area is 161 Å². The summed E-state index contributed by atoms with van der Waals surface area (Å²) in [4.78, 5) is 14.5. The lowest BCUT2D eigenvalue weighted by atomic mass is 10.0. The monoisotopic (exact) mass is 368 g/mol. The van der Waals surface area contributed by atoms with Crippen molar-refractivity contribution in [2.45, 2.75) is 25.9 Å². The maximum absolute atomic E-state index is 12.3. The number of anilines is 1. The Kier molecular flexibility index (Phi) is 6.48. The molecule has 1 aliphatic rings. The van der Waals surface area contributed by atoms with E-state index in [1.807, 2.05) is 48.5 Å². The standard InChI is InChI=1S/C22H28N2O3/c1-16(2)17-3-5-19(6-4-17)22(26)23-15-21(25)18-7-9-20(10-8-18)24-11-13-27-14-12-24/h3-10,16,21,25H,11-15H2,1-2H3,(H,23,26). The molecule has 0 aromatic heterocycles. The molecule has 1 saturated heterocycles. The van der Waals surface area contributed by atoms with E-state index < -0.39 is 6.10 Å². The molecule has 0 saturated carbocycles. The summed E-state index contributed by atoms with van der Waals surface area (Å²) in [6, 6.07) is 15.5. The van der Waals surface area contributed by atoms with Crippen LogP contribution in [0.5, 0.6) is 0 Å². The van der Waals surface area contributed by atoms with E-state index in [2.05, 4.69) is 24.1 Å². The van der Waals surface area contributed by atoms with Gasteiger partial charge in [0.05, 0.1) is 19.3 Å². The maximum atomic E-state index is 12.3. The van der Waals surface area contributed by atoms with E-state index in [-0.39, 0.29) is 12.5 Å². The Balaban J connectivity index is 1.53. The van der Waals surface area contributed by atoms with Gasteiger partial charge < -0.3 is 20.1 Å². The van der Waals surface area contributed by atoms with Crippen LogP contribution in [0.15, 0.2) is 48.5 Å². The van der Waals surface area contributed by atoms with Crippen molar-refractivity contribution < 1.29 is 14.6 Å². The van der Waals surface area contributed by atoms with Gasteiger partial charge in [0.2, 0.25) is 0 Å². The third-order valence-electron chi connectivity index (χ3n) is 4.95. The predicted octanol–water partition coefficient (Wildman–Crippen LogP) is 3.11. The van der Waals surface area contributed by atoms with Crippen LogP contribution in [0.25, 0.3) is 0 Å². The molecule has 0 bridgehead atoms. The molecule has 3 rings (SSSR count). The first kappa shape index (κ1) is 19.4. The molecular formula is C22H28N2O3. The number of amides is 1.